The average Bonchev–Trinajstić information content (AvgIpc) is 3.43. The minimum atomic E-state index is -0.463. The second kappa shape index (κ2) is 24.4. The third-order valence-electron chi connectivity index (χ3n) is 13.2. The lowest BCUT2D eigenvalue weighted by molar-refractivity contribution is -0.163. The lowest BCUT2D eigenvalue weighted by Crippen LogP contribution is -2.48. The number of carbonyl (C=O) groups excluding carboxylic acids is 3. The molecule has 0 N–H and O–H groups in total. The molecule has 2 saturated carbocycles. The first-order chi connectivity index (χ1) is 26.2. The topological polar surface area (TPSA) is 85.4 Å². The zero-order valence-electron chi connectivity index (χ0n) is 34.9. The van der Waals surface area contributed by atoms with E-state index >= 15 is 0 Å². The van der Waals surface area contributed by atoms with E-state index in [1.54, 1.807) is 0 Å². The molecule has 4 rings (SSSR count). The summed E-state index contributed by atoms with van der Waals surface area (Å²) < 4.78 is 17.6. The minimum Gasteiger partial charge on any atom is -0.465 e. The van der Waals surface area contributed by atoms with Crippen LogP contribution in [0.25, 0.3) is 0 Å². The smallest absolute Gasteiger partial charge is 0.312 e. The highest BCUT2D eigenvalue weighted by Gasteiger charge is 2.52. The van der Waals surface area contributed by atoms with Crippen molar-refractivity contribution in [1.82, 2.24) is 9.80 Å². The lowest BCUT2D eigenvalue weighted by atomic mass is 9.75. The molecule has 4 aliphatic rings. The molecule has 0 amide bonds. The summed E-state index contributed by atoms with van der Waals surface area (Å²) in [5, 5.41) is 0. The van der Waals surface area contributed by atoms with E-state index in [0.717, 1.165) is 96.9 Å². The van der Waals surface area contributed by atoms with Crippen LogP contribution in [-0.4, -0.2) is 86.3 Å². The van der Waals surface area contributed by atoms with Crippen LogP contribution in [0.15, 0.2) is 24.3 Å². The molecule has 308 valence electrons. The van der Waals surface area contributed by atoms with Gasteiger partial charge < -0.3 is 24.0 Å². The molecule has 2 saturated heterocycles. The van der Waals surface area contributed by atoms with E-state index < -0.39 is 5.41 Å². The van der Waals surface area contributed by atoms with Crippen LogP contribution in [0.5, 0.6) is 0 Å². The number of nitrogens with zero attached hydrogens (tertiary/aromatic N) is 2. The van der Waals surface area contributed by atoms with Gasteiger partial charge in [0.1, 0.15) is 19.8 Å². The molecular formula is C46H78N2O6. The largest absolute Gasteiger partial charge is 0.465 e. The predicted molar refractivity (Wildman–Crippen MR) is 218 cm³/mol. The monoisotopic (exact) mass is 755 g/mol. The summed E-state index contributed by atoms with van der Waals surface area (Å²) in [6.45, 7) is 14.4. The zero-order valence-corrected chi connectivity index (χ0v) is 34.9. The van der Waals surface area contributed by atoms with Crippen molar-refractivity contribution in [2.45, 2.75) is 162 Å². The van der Waals surface area contributed by atoms with Gasteiger partial charge in [-0.05, 0) is 147 Å². The van der Waals surface area contributed by atoms with Crippen molar-refractivity contribution in [1.29, 1.82) is 0 Å². The summed E-state index contributed by atoms with van der Waals surface area (Å²) in [6.07, 6.45) is 30.3. The third kappa shape index (κ3) is 15.0. The van der Waals surface area contributed by atoms with Crippen LogP contribution in [0, 0.1) is 35.0 Å². The van der Waals surface area contributed by atoms with Gasteiger partial charge in [0.15, 0.2) is 0 Å². The number of esters is 3. The van der Waals surface area contributed by atoms with Crippen molar-refractivity contribution in [3.63, 3.8) is 0 Å². The first-order valence-corrected chi connectivity index (χ1v) is 22.5. The van der Waals surface area contributed by atoms with E-state index in [4.69, 9.17) is 14.2 Å². The summed E-state index contributed by atoms with van der Waals surface area (Å²) in [4.78, 5) is 44.7. The number of ether oxygens (including phenoxy) is 3. The van der Waals surface area contributed by atoms with Gasteiger partial charge in [-0.3, -0.25) is 14.4 Å². The summed E-state index contributed by atoms with van der Waals surface area (Å²) in [5.41, 5.74) is -0.463. The summed E-state index contributed by atoms with van der Waals surface area (Å²) in [7, 11) is 0. The Hall–Kier alpha value is -2.19. The molecular weight excluding hydrogens is 677 g/mol. The molecule has 5 unspecified atom stereocenters. The number of unbranched alkanes of at least 4 members (excludes halogenated alkanes) is 8. The van der Waals surface area contributed by atoms with Gasteiger partial charge in [-0.15, -0.1) is 0 Å². The van der Waals surface area contributed by atoms with Crippen molar-refractivity contribution in [3.8, 4) is 0 Å². The number of allylic oxidation sites excluding steroid dienone is 4. The number of piperidine rings is 2. The Kier molecular flexibility index (Phi) is 20.2. The molecule has 8 heteroatoms. The Morgan fingerprint density at radius 1 is 0.741 bits per heavy atom. The molecule has 2 heterocycles. The van der Waals surface area contributed by atoms with Gasteiger partial charge in [-0.25, -0.2) is 0 Å². The fraction of sp³-hybridized carbons (Fsp3) is 0.848. The number of hydrogen-bond acceptors (Lipinski definition) is 8. The van der Waals surface area contributed by atoms with E-state index in [1.807, 2.05) is 0 Å². The predicted octanol–water partition coefficient (Wildman–Crippen LogP) is 9.70. The molecule has 0 aromatic carbocycles. The number of rotatable bonds is 24. The van der Waals surface area contributed by atoms with Crippen molar-refractivity contribution in [2.24, 2.45) is 35.0 Å². The van der Waals surface area contributed by atoms with Gasteiger partial charge in [0.2, 0.25) is 0 Å². The molecule has 8 nitrogen and oxygen atoms in total. The van der Waals surface area contributed by atoms with Gasteiger partial charge in [-0.2, -0.15) is 0 Å². The maximum absolute atomic E-state index is 13.6. The molecule has 0 radical (unpaired) electrons. The maximum Gasteiger partial charge on any atom is 0.312 e. The fourth-order valence-corrected chi connectivity index (χ4v) is 9.73. The number of carbonyl (C=O) groups is 3. The summed E-state index contributed by atoms with van der Waals surface area (Å²) in [5.74, 6) is 0.572. The van der Waals surface area contributed by atoms with Gasteiger partial charge >= 0.3 is 17.9 Å². The quantitative estimate of drug-likeness (QED) is 0.0417. The molecule has 0 spiro atoms. The summed E-state index contributed by atoms with van der Waals surface area (Å²) in [6, 6.07) is 0.618. The zero-order chi connectivity index (χ0) is 38.6. The SMILES string of the molecule is CCCCC/C=C\C/C=C\CCCCCCCC(=O)OCC(COC(=O)C1CCN(C2CCN(CC)CC2)CC1)COC(=O)C1(C)CC2CC(C)CC1C2. The van der Waals surface area contributed by atoms with Gasteiger partial charge in [-0.1, -0.05) is 77.2 Å². The van der Waals surface area contributed by atoms with Crippen LogP contribution >= 0.6 is 0 Å². The van der Waals surface area contributed by atoms with Crippen LogP contribution < -0.4 is 0 Å². The highest BCUT2D eigenvalue weighted by atomic mass is 16.6. The minimum absolute atomic E-state index is 0.0916. The van der Waals surface area contributed by atoms with Crippen LogP contribution in [0.2, 0.25) is 0 Å². The Labute approximate surface area is 329 Å². The fourth-order valence-electron chi connectivity index (χ4n) is 9.73. The van der Waals surface area contributed by atoms with Crippen LogP contribution in [0.3, 0.4) is 0 Å². The maximum atomic E-state index is 13.6. The van der Waals surface area contributed by atoms with E-state index in [1.165, 1.54) is 57.8 Å². The lowest BCUT2D eigenvalue weighted by Gasteiger charge is -2.41. The third-order valence-corrected chi connectivity index (χ3v) is 13.2. The van der Waals surface area contributed by atoms with Crippen molar-refractivity contribution in [2.75, 3.05) is 52.5 Å². The Morgan fingerprint density at radius 3 is 2.09 bits per heavy atom. The number of hydrogen-bond donors (Lipinski definition) is 0. The Morgan fingerprint density at radius 2 is 1.39 bits per heavy atom. The normalized spacial score (nSPS) is 26.4. The molecule has 0 aromatic rings. The van der Waals surface area contributed by atoms with E-state index in [2.05, 4.69) is 61.8 Å². The van der Waals surface area contributed by atoms with Gasteiger partial charge in [0.05, 0.1) is 17.3 Å². The van der Waals surface area contributed by atoms with E-state index in [0.29, 0.717) is 30.2 Å². The Balaban J connectivity index is 1.15. The van der Waals surface area contributed by atoms with Crippen molar-refractivity contribution < 1.29 is 28.6 Å². The molecule has 2 aliphatic carbocycles. The molecule has 2 aliphatic heterocycles. The van der Waals surface area contributed by atoms with E-state index in [-0.39, 0.29) is 49.6 Å². The number of fused-ring (bicyclic) bond motifs is 2. The second-order valence-electron chi connectivity index (χ2n) is 17.7. The first kappa shape index (κ1) is 44.5. The standard InChI is InChI=1S/C46H78N2O6/c1-5-7-8-9-10-11-12-13-14-15-16-17-18-19-20-21-43(49)52-34-39(36-54-45(51)46(4)33-38-30-37(3)31-41(46)32-38)35-53-44(50)40-22-28-48(29-23-40)42-24-26-47(6-2)27-25-42/h10-11,13-14,37-42H,5-9,12,15-36H2,1-4H3/b11-10-,14-13-. The van der Waals surface area contributed by atoms with Gasteiger partial charge in [0.25, 0.3) is 0 Å². The van der Waals surface area contributed by atoms with Crippen LogP contribution in [0.4, 0.5) is 0 Å². The Bertz CT molecular complexity index is 1160. The van der Waals surface area contributed by atoms with Crippen molar-refractivity contribution in [3.05, 3.63) is 24.3 Å². The van der Waals surface area contributed by atoms with Crippen LogP contribution in [-0.2, 0) is 28.6 Å². The molecule has 5 atom stereocenters. The van der Waals surface area contributed by atoms with Crippen molar-refractivity contribution >= 4 is 17.9 Å². The van der Waals surface area contributed by atoms with E-state index in [9.17, 15) is 14.4 Å². The first-order valence-electron chi connectivity index (χ1n) is 22.5. The number of likely N-dealkylation sites (tertiary alicyclic amines) is 2. The molecule has 0 aromatic heterocycles. The molecule has 2 bridgehead atoms. The van der Waals surface area contributed by atoms with Crippen LogP contribution in [0.1, 0.15) is 156 Å². The molecule has 4 fully saturated rings. The molecule has 54 heavy (non-hydrogen) atoms. The highest BCUT2D eigenvalue weighted by molar-refractivity contribution is 5.77. The van der Waals surface area contributed by atoms with Gasteiger partial charge in [0, 0.05) is 12.5 Å². The highest BCUT2D eigenvalue weighted by Crippen LogP contribution is 2.55. The summed E-state index contributed by atoms with van der Waals surface area (Å²) >= 11 is 0. The average molecular weight is 755 g/mol. The second-order valence-corrected chi connectivity index (χ2v) is 17.7.